The summed E-state index contributed by atoms with van der Waals surface area (Å²) in [6, 6.07) is 7.12. The molecule has 17 heteroatoms. The van der Waals surface area contributed by atoms with Gasteiger partial charge in [0.15, 0.2) is 0 Å². The third-order valence-corrected chi connectivity index (χ3v) is 7.15. The molecule has 1 aliphatic rings. The Balaban J connectivity index is 1.15. The Bertz CT molecular complexity index is 1380. The van der Waals surface area contributed by atoms with E-state index in [4.69, 9.17) is 23.7 Å². The van der Waals surface area contributed by atoms with Gasteiger partial charge in [-0.2, -0.15) is 0 Å². The van der Waals surface area contributed by atoms with Crippen LogP contribution >= 0.6 is 0 Å². The van der Waals surface area contributed by atoms with Gasteiger partial charge in [-0.15, -0.1) is 5.10 Å². The van der Waals surface area contributed by atoms with Crippen molar-refractivity contribution in [2.45, 2.75) is 26.5 Å². The maximum Gasteiger partial charge on any atom is 0.409 e. The third kappa shape index (κ3) is 14.8. The predicted molar refractivity (Wildman–Crippen MR) is 174 cm³/mol. The summed E-state index contributed by atoms with van der Waals surface area (Å²) in [5.41, 5.74) is 2.25. The summed E-state index contributed by atoms with van der Waals surface area (Å²) in [5, 5.41) is 11.2. The minimum atomic E-state index is -0.485. The number of aromatic nitrogens is 3. The van der Waals surface area contributed by atoms with Gasteiger partial charge < -0.3 is 38.8 Å². The zero-order chi connectivity index (χ0) is 35.4. The van der Waals surface area contributed by atoms with Gasteiger partial charge in [0.2, 0.25) is 5.91 Å². The van der Waals surface area contributed by atoms with E-state index in [9.17, 15) is 24.0 Å². The van der Waals surface area contributed by atoms with Crippen molar-refractivity contribution in [2.24, 2.45) is 0 Å². The minimum Gasteiger partial charge on any atom is -0.462 e. The summed E-state index contributed by atoms with van der Waals surface area (Å²) in [5.74, 6) is -1.15. The maximum atomic E-state index is 12.2. The fourth-order valence-electron chi connectivity index (χ4n) is 4.09. The van der Waals surface area contributed by atoms with Crippen LogP contribution in [0.15, 0.2) is 42.6 Å². The van der Waals surface area contributed by atoms with E-state index in [2.05, 4.69) is 15.6 Å². The molecule has 1 N–H and O–H groups in total. The van der Waals surface area contributed by atoms with Gasteiger partial charge in [-0.1, -0.05) is 17.3 Å². The Morgan fingerprint density at radius 1 is 0.796 bits per heavy atom. The molecule has 2 heterocycles. The van der Waals surface area contributed by atoms with Crippen LogP contribution in [0.25, 0.3) is 0 Å². The molecule has 1 aromatic carbocycles. The number of ether oxygens (including phenoxy) is 5. The van der Waals surface area contributed by atoms with E-state index in [1.54, 1.807) is 43.0 Å². The lowest BCUT2D eigenvalue weighted by Crippen LogP contribution is -2.36. The molecule has 4 amide bonds. The van der Waals surface area contributed by atoms with Crippen LogP contribution in [0.4, 0.5) is 10.5 Å². The topological polar surface area (TPSA) is 184 Å². The fourth-order valence-corrected chi connectivity index (χ4v) is 4.09. The predicted octanol–water partition coefficient (Wildman–Crippen LogP) is 0.497. The molecule has 0 atom stereocenters. The smallest absolute Gasteiger partial charge is 0.409 e. The van der Waals surface area contributed by atoms with E-state index in [1.165, 1.54) is 28.9 Å². The molecule has 17 nitrogen and oxygen atoms in total. The van der Waals surface area contributed by atoms with Gasteiger partial charge in [0, 0.05) is 64.6 Å². The van der Waals surface area contributed by atoms with Gasteiger partial charge in [0.1, 0.15) is 19.8 Å². The molecule has 0 unspecified atom stereocenters. The number of likely N-dealkylation sites (N-methyl/N-ethyl adjacent to an activating group) is 2. The highest BCUT2D eigenvalue weighted by atomic mass is 16.6. The second-order valence-corrected chi connectivity index (χ2v) is 10.9. The highest BCUT2D eigenvalue weighted by Crippen LogP contribution is 2.11. The van der Waals surface area contributed by atoms with Gasteiger partial charge in [-0.25, -0.2) is 9.48 Å². The molecule has 0 bridgehead atoms. The average molecular weight is 688 g/mol. The molecule has 0 spiro atoms. The summed E-state index contributed by atoms with van der Waals surface area (Å²) in [6.07, 6.45) is 4.36. The Morgan fingerprint density at radius 3 is 2.12 bits per heavy atom. The number of carbonyl (C=O) groups is 5. The molecular weight excluding hydrogens is 642 g/mol. The lowest BCUT2D eigenvalue weighted by Gasteiger charge is -2.21. The summed E-state index contributed by atoms with van der Waals surface area (Å²) in [6.45, 7) is 5.17. The highest BCUT2D eigenvalue weighted by Gasteiger charge is 2.22. The van der Waals surface area contributed by atoms with E-state index in [1.807, 2.05) is 6.20 Å². The number of nitrogens with zero attached hydrogens (tertiary/aromatic N) is 6. The van der Waals surface area contributed by atoms with Crippen molar-refractivity contribution in [3.63, 3.8) is 0 Å². The van der Waals surface area contributed by atoms with Gasteiger partial charge in [-0.3, -0.25) is 24.1 Å². The molecule has 0 saturated heterocycles. The molecule has 0 radical (unpaired) electrons. The molecule has 0 saturated carbocycles. The molecule has 268 valence electrons. The van der Waals surface area contributed by atoms with Crippen LogP contribution in [0.5, 0.6) is 0 Å². The van der Waals surface area contributed by atoms with Crippen LogP contribution in [0.3, 0.4) is 0 Å². The van der Waals surface area contributed by atoms with Crippen LogP contribution < -0.4 is 5.32 Å². The van der Waals surface area contributed by atoms with E-state index in [-0.39, 0.29) is 57.2 Å². The van der Waals surface area contributed by atoms with Crippen molar-refractivity contribution >= 4 is 35.5 Å². The number of amides is 4. The number of imide groups is 1. The second-order valence-electron chi connectivity index (χ2n) is 10.9. The third-order valence-electron chi connectivity index (χ3n) is 7.15. The summed E-state index contributed by atoms with van der Waals surface area (Å²) >= 11 is 0. The summed E-state index contributed by atoms with van der Waals surface area (Å²) < 4.78 is 28.6. The normalized spacial score (nSPS) is 12.3. The number of anilines is 1. The van der Waals surface area contributed by atoms with Crippen LogP contribution in [0.2, 0.25) is 0 Å². The Kier molecular flexibility index (Phi) is 16.7. The largest absolute Gasteiger partial charge is 0.462 e. The van der Waals surface area contributed by atoms with E-state index in [0.29, 0.717) is 58.2 Å². The Labute approximate surface area is 285 Å². The maximum absolute atomic E-state index is 12.2. The second kappa shape index (κ2) is 21.2. The van der Waals surface area contributed by atoms with Crippen molar-refractivity contribution in [1.82, 2.24) is 29.7 Å². The summed E-state index contributed by atoms with van der Waals surface area (Å²) in [7, 11) is 3.28. The lowest BCUT2D eigenvalue weighted by molar-refractivity contribution is -0.143. The number of hydrogen-bond acceptors (Lipinski definition) is 13. The quantitative estimate of drug-likeness (QED) is 0.0969. The molecule has 49 heavy (non-hydrogen) atoms. The first-order valence-corrected chi connectivity index (χ1v) is 15.9. The van der Waals surface area contributed by atoms with Crippen molar-refractivity contribution in [3.8, 4) is 0 Å². The molecule has 1 aromatic heterocycles. The van der Waals surface area contributed by atoms with Gasteiger partial charge in [0.05, 0.1) is 58.4 Å². The number of rotatable bonds is 23. The van der Waals surface area contributed by atoms with Crippen LogP contribution in [0.1, 0.15) is 18.2 Å². The van der Waals surface area contributed by atoms with Crippen molar-refractivity contribution in [1.29, 1.82) is 0 Å². The van der Waals surface area contributed by atoms with Crippen LogP contribution in [-0.4, -0.2) is 146 Å². The molecule has 3 rings (SSSR count). The van der Waals surface area contributed by atoms with Crippen LogP contribution in [0, 0.1) is 0 Å². The van der Waals surface area contributed by atoms with Gasteiger partial charge in [-0.05, 0) is 17.7 Å². The zero-order valence-corrected chi connectivity index (χ0v) is 28.2. The van der Waals surface area contributed by atoms with E-state index >= 15 is 0 Å². The fraction of sp³-hybridized carbons (Fsp3) is 0.531. The van der Waals surface area contributed by atoms with Gasteiger partial charge in [0.25, 0.3) is 11.8 Å². The monoisotopic (exact) mass is 687 g/mol. The Morgan fingerprint density at radius 2 is 1.43 bits per heavy atom. The average Bonchev–Trinajstić information content (AvgIpc) is 3.68. The minimum absolute atomic E-state index is 0.0192. The van der Waals surface area contributed by atoms with E-state index in [0.717, 1.165) is 16.2 Å². The number of hydrogen-bond donors (Lipinski definition) is 1. The highest BCUT2D eigenvalue weighted by molar-refractivity contribution is 6.12. The van der Waals surface area contributed by atoms with Crippen molar-refractivity contribution in [2.75, 3.05) is 91.8 Å². The van der Waals surface area contributed by atoms with E-state index < -0.39 is 12.1 Å². The molecular formula is C32H45N7O10. The van der Waals surface area contributed by atoms with Crippen LogP contribution in [-0.2, 0) is 62.4 Å². The zero-order valence-electron chi connectivity index (χ0n) is 28.2. The SMILES string of the molecule is CC(=O)N(C)CCN(C)C(=O)OCc1ccc(NCC(=O)OCCOCCc2cn(CCOCCOCCN3C(=O)C=CC3=O)nn2)cc1. The van der Waals surface area contributed by atoms with Gasteiger partial charge >= 0.3 is 12.1 Å². The number of benzene rings is 1. The molecule has 0 fully saturated rings. The lowest BCUT2D eigenvalue weighted by atomic mass is 10.2. The molecule has 2 aromatic rings. The number of esters is 1. The first kappa shape index (κ1) is 38.6. The molecule has 1 aliphatic heterocycles. The van der Waals surface area contributed by atoms with Crippen molar-refractivity contribution in [3.05, 3.63) is 53.9 Å². The number of nitrogens with one attached hydrogen (secondary N) is 1. The number of carbonyl (C=O) groups excluding carboxylic acids is 5. The first-order chi connectivity index (χ1) is 23.6. The Hall–Kier alpha value is -4.87. The first-order valence-electron chi connectivity index (χ1n) is 15.9. The standard InChI is InChI=1S/C32H45N7O10/c1-25(40)36(2)11-12-37(3)32(44)49-24-26-4-6-27(7-5-26)33-22-31(43)48-21-20-45-15-10-28-23-38(35-34-28)13-16-46-18-19-47-17-14-39-29(41)8-9-30(39)42/h4-9,23,33H,10-22,24H2,1-3H3. The van der Waals surface area contributed by atoms with Crippen molar-refractivity contribution < 1.29 is 47.7 Å². The summed E-state index contributed by atoms with van der Waals surface area (Å²) in [4.78, 5) is 62.5. The molecule has 0 aliphatic carbocycles.